The number of imidazole rings is 3. The molecular formula is C60H70N20O10. The SMILES string of the molecule is CN(C)CCCNC(=O)CCNC(=O)c1cc(NC(=O)c2cc(NC(=O)c3cc(NC(=O)c4nc(CC(=O)CCCNC(=O)c5cc(NC(=O)c6ccc7nc(-c8cc(NC(=O)c9nccn9C)cn8C)[nH]c7c6O)cn5C)cn4C)cn3C)cn2C)cn1C. The quantitative estimate of drug-likeness (QED) is 0.0344. The summed E-state index contributed by atoms with van der Waals surface area (Å²) < 4.78 is 11.0. The molecule has 470 valence electrons. The van der Waals surface area contributed by atoms with Crippen LogP contribution in [0.2, 0.25) is 0 Å². The normalized spacial score (nSPS) is 11.2. The molecule has 0 atom stereocenters. The van der Waals surface area contributed by atoms with Gasteiger partial charge in [0.25, 0.3) is 41.4 Å². The van der Waals surface area contributed by atoms with E-state index in [1.165, 1.54) is 54.8 Å². The first-order valence-electron chi connectivity index (χ1n) is 28.5. The van der Waals surface area contributed by atoms with Crippen LogP contribution in [0.3, 0.4) is 0 Å². The molecule has 0 unspecified atom stereocenters. The second-order valence-electron chi connectivity index (χ2n) is 22.0. The highest BCUT2D eigenvalue weighted by Crippen LogP contribution is 2.32. The molecule has 30 heteroatoms. The molecule has 0 aliphatic rings. The zero-order chi connectivity index (χ0) is 64.7. The lowest BCUT2D eigenvalue weighted by molar-refractivity contribution is -0.121. The number of carbonyl (C=O) groups excluding carboxylic acids is 9. The summed E-state index contributed by atoms with van der Waals surface area (Å²) in [5, 5.41) is 33.5. The third-order valence-electron chi connectivity index (χ3n) is 14.6. The zero-order valence-electron chi connectivity index (χ0n) is 51.1. The molecule has 0 spiro atoms. The Morgan fingerprint density at radius 3 is 1.57 bits per heavy atom. The van der Waals surface area contributed by atoms with Crippen molar-refractivity contribution in [3.8, 4) is 17.3 Å². The van der Waals surface area contributed by atoms with Gasteiger partial charge in [-0.3, -0.25) is 43.2 Å². The number of benzene rings is 1. The summed E-state index contributed by atoms with van der Waals surface area (Å²) in [6.07, 6.45) is 13.9. The molecule has 0 fully saturated rings. The number of hydrogen-bond donors (Lipinski definition) is 10. The lowest BCUT2D eigenvalue weighted by Gasteiger charge is -2.10. The van der Waals surface area contributed by atoms with Gasteiger partial charge in [-0.1, -0.05) is 0 Å². The molecule has 0 aliphatic carbocycles. The van der Waals surface area contributed by atoms with Crippen LogP contribution in [0.25, 0.3) is 22.6 Å². The van der Waals surface area contributed by atoms with Crippen LogP contribution < -0.4 is 42.5 Å². The topological polar surface area (TPSA) is 362 Å². The number of carbonyl (C=O) groups is 9. The minimum Gasteiger partial charge on any atom is -0.505 e. The highest BCUT2D eigenvalue weighted by atomic mass is 16.3. The molecule has 8 aromatic heterocycles. The molecule has 0 saturated carbocycles. The number of aromatic amines is 1. The van der Waals surface area contributed by atoms with Crippen molar-refractivity contribution in [2.24, 2.45) is 49.3 Å². The van der Waals surface area contributed by atoms with Crippen LogP contribution in [0.4, 0.5) is 28.4 Å². The number of aryl methyl sites for hydroxylation is 7. The summed E-state index contributed by atoms with van der Waals surface area (Å²) in [6, 6.07) is 10.7. The summed E-state index contributed by atoms with van der Waals surface area (Å²) in [5.41, 5.74) is 4.11. The molecule has 30 nitrogen and oxygen atoms in total. The van der Waals surface area contributed by atoms with Crippen LogP contribution in [-0.4, -0.2) is 155 Å². The van der Waals surface area contributed by atoms with Gasteiger partial charge in [-0.2, -0.15) is 0 Å². The summed E-state index contributed by atoms with van der Waals surface area (Å²) in [7, 11) is 15.6. The molecule has 0 bridgehead atoms. The molecular weight excluding hydrogens is 1160 g/mol. The van der Waals surface area contributed by atoms with Crippen molar-refractivity contribution in [1.29, 1.82) is 0 Å². The summed E-state index contributed by atoms with van der Waals surface area (Å²) in [4.78, 5) is 136. The molecule has 9 rings (SSSR count). The van der Waals surface area contributed by atoms with Gasteiger partial charge in [-0.25, -0.2) is 15.0 Å². The van der Waals surface area contributed by atoms with E-state index in [-0.39, 0.29) is 101 Å². The predicted molar refractivity (Wildman–Crippen MR) is 333 cm³/mol. The number of phenolic OH excluding ortho intramolecular Hbond substituents is 1. The second-order valence-corrected chi connectivity index (χ2v) is 22.0. The highest BCUT2D eigenvalue weighted by molar-refractivity contribution is 6.11. The third kappa shape index (κ3) is 14.9. The smallest absolute Gasteiger partial charge is 0.291 e. The van der Waals surface area contributed by atoms with Crippen molar-refractivity contribution in [3.05, 3.63) is 138 Å². The standard InChI is InChI=1S/C60H70N20O10/c1-73(2)20-11-17-61-48(82)15-18-64-56(86)45-25-37(30-77(45)6)67-57(87)46-26-38(31-78(46)7)68-58(88)47-27-39(32-79(47)8)70-60(90)53-65-34(33-80(53)9)22-40(81)12-10-16-63-55(85)44-24-36(29-76(44)5)66-54(84)41-13-14-42-49(50(41)83)72-51(71-42)43-23-35(28-75(43)4)69-59(89)52-62-19-21-74(52)3/h13-14,19,21,23-33,83H,10-12,15-18,20,22H2,1-9H3,(H,61,82)(H,63,85)(H,64,86)(H,66,84)(H,67,87)(H,68,88)(H,69,89)(H,70,90)(H,71,72). The van der Waals surface area contributed by atoms with Crippen molar-refractivity contribution in [2.75, 3.05) is 66.9 Å². The Balaban J connectivity index is 0.701. The van der Waals surface area contributed by atoms with Crippen LogP contribution in [-0.2, 0) is 65.3 Å². The Hall–Kier alpha value is -11.3. The molecule has 0 radical (unpaired) electrons. The van der Waals surface area contributed by atoms with Crippen molar-refractivity contribution < 1.29 is 48.3 Å². The Bertz CT molecular complexity index is 4250. The fourth-order valence-corrected chi connectivity index (χ4v) is 10.0. The largest absolute Gasteiger partial charge is 0.505 e. The Morgan fingerprint density at radius 2 is 1.01 bits per heavy atom. The number of aromatic nitrogens is 11. The van der Waals surface area contributed by atoms with Gasteiger partial charge in [0.1, 0.15) is 34.1 Å². The minimum atomic E-state index is -0.644. The number of H-pyrrole nitrogens is 1. The predicted octanol–water partition coefficient (Wildman–Crippen LogP) is 3.87. The monoisotopic (exact) mass is 1230 g/mol. The van der Waals surface area contributed by atoms with Crippen LogP contribution >= 0.6 is 0 Å². The van der Waals surface area contributed by atoms with Crippen LogP contribution in [0.1, 0.15) is 105 Å². The molecule has 0 aliphatic heterocycles. The van der Waals surface area contributed by atoms with E-state index in [9.17, 15) is 48.3 Å². The number of nitrogens with one attached hydrogen (secondary N) is 9. The maximum absolute atomic E-state index is 13.5. The summed E-state index contributed by atoms with van der Waals surface area (Å²) in [5.74, 6) is -3.60. The van der Waals surface area contributed by atoms with E-state index in [0.29, 0.717) is 58.4 Å². The molecule has 90 heavy (non-hydrogen) atoms. The average molecular weight is 1230 g/mol. The Labute approximate surface area is 515 Å². The van der Waals surface area contributed by atoms with E-state index in [1.54, 1.807) is 119 Å². The van der Waals surface area contributed by atoms with Crippen molar-refractivity contribution in [1.82, 2.24) is 72.8 Å². The maximum atomic E-state index is 13.5. The van der Waals surface area contributed by atoms with Gasteiger partial charge < -0.3 is 89.5 Å². The first kappa shape index (κ1) is 63.2. The van der Waals surface area contributed by atoms with E-state index in [4.69, 9.17) is 0 Å². The number of Topliss-reactive ketones (excluding diaryl/α,β-unsaturated/α-hetero) is 1. The van der Waals surface area contributed by atoms with Crippen molar-refractivity contribution in [3.63, 3.8) is 0 Å². The lowest BCUT2D eigenvalue weighted by Crippen LogP contribution is -2.32. The number of rotatable bonds is 26. The van der Waals surface area contributed by atoms with E-state index in [1.807, 2.05) is 19.0 Å². The second kappa shape index (κ2) is 27.2. The third-order valence-corrected chi connectivity index (χ3v) is 14.6. The number of nitrogens with zero attached hydrogens (tertiary/aromatic N) is 11. The Morgan fingerprint density at radius 1 is 0.511 bits per heavy atom. The lowest BCUT2D eigenvalue weighted by atomic mass is 10.1. The van der Waals surface area contributed by atoms with Crippen molar-refractivity contribution >= 4 is 92.5 Å². The molecule has 8 amide bonds. The van der Waals surface area contributed by atoms with E-state index in [0.717, 1.165) is 13.0 Å². The first-order valence-corrected chi connectivity index (χ1v) is 28.5. The van der Waals surface area contributed by atoms with E-state index in [2.05, 4.69) is 62.5 Å². The fourth-order valence-electron chi connectivity index (χ4n) is 10.0. The van der Waals surface area contributed by atoms with Gasteiger partial charge in [0.15, 0.2) is 23.2 Å². The Kier molecular flexibility index (Phi) is 19.1. The molecule has 1 aromatic carbocycles. The number of anilines is 5. The summed E-state index contributed by atoms with van der Waals surface area (Å²) in [6.45, 7) is 1.68. The number of hydrogen-bond acceptors (Lipinski definition) is 14. The minimum absolute atomic E-state index is 0.0147. The van der Waals surface area contributed by atoms with E-state index >= 15 is 0 Å². The number of aromatic hydroxyl groups is 1. The van der Waals surface area contributed by atoms with Crippen LogP contribution in [0.15, 0.2) is 92.0 Å². The van der Waals surface area contributed by atoms with Gasteiger partial charge in [0, 0.05) is 131 Å². The van der Waals surface area contributed by atoms with Gasteiger partial charge >= 0.3 is 0 Å². The molecule has 0 saturated heterocycles. The summed E-state index contributed by atoms with van der Waals surface area (Å²) >= 11 is 0. The number of fused-ring (bicyclic) bond motifs is 1. The van der Waals surface area contributed by atoms with Crippen LogP contribution in [0, 0.1) is 0 Å². The number of ketones is 1. The van der Waals surface area contributed by atoms with Gasteiger partial charge in [-0.05, 0) is 75.9 Å². The highest BCUT2D eigenvalue weighted by Gasteiger charge is 2.24. The molecule has 10 N–H and O–H groups in total. The van der Waals surface area contributed by atoms with Gasteiger partial charge in [0.2, 0.25) is 5.91 Å². The van der Waals surface area contributed by atoms with Crippen LogP contribution in [0.5, 0.6) is 5.75 Å². The van der Waals surface area contributed by atoms with E-state index < -0.39 is 41.4 Å². The van der Waals surface area contributed by atoms with Gasteiger partial charge in [-0.15, -0.1) is 0 Å². The molecule has 9 aromatic rings. The maximum Gasteiger partial charge on any atom is 0.291 e. The first-order chi connectivity index (χ1) is 42.9. The fraction of sp³-hybridized carbons (Fsp3) is 0.300. The number of amides is 8. The van der Waals surface area contributed by atoms with Crippen molar-refractivity contribution in [2.45, 2.75) is 32.1 Å². The molecule has 8 heterocycles. The zero-order valence-corrected chi connectivity index (χ0v) is 51.1. The number of phenols is 1. The van der Waals surface area contributed by atoms with Gasteiger partial charge in [0.05, 0.1) is 57.3 Å². The average Bonchev–Trinajstić information content (AvgIpc) is 1.64.